The van der Waals surface area contributed by atoms with Crippen molar-refractivity contribution in [3.63, 3.8) is 0 Å². The molecule has 0 fully saturated rings. The Labute approximate surface area is 101 Å². The van der Waals surface area contributed by atoms with Crippen molar-refractivity contribution in [1.29, 1.82) is 0 Å². The lowest BCUT2D eigenvalue weighted by molar-refractivity contribution is 0.343. The summed E-state index contributed by atoms with van der Waals surface area (Å²) >= 11 is 0. The first-order chi connectivity index (χ1) is 7.85. The third kappa shape index (κ3) is 3.85. The summed E-state index contributed by atoms with van der Waals surface area (Å²) in [5.74, 6) is 0. The molecule has 0 aliphatic carbocycles. The SMILES string of the molecule is CC(C)(C)CCn1ccc(=O)n(CCN)c1=O. The monoisotopic (exact) mass is 239 g/mol. The maximum Gasteiger partial charge on any atom is 0.331 e. The lowest BCUT2D eigenvalue weighted by atomic mass is 9.92. The van der Waals surface area contributed by atoms with Crippen molar-refractivity contribution in [2.45, 2.75) is 40.3 Å². The Morgan fingerprint density at radius 3 is 2.41 bits per heavy atom. The molecule has 1 heterocycles. The molecule has 0 aliphatic heterocycles. The van der Waals surface area contributed by atoms with Gasteiger partial charge in [-0.3, -0.25) is 9.36 Å². The fourth-order valence-electron chi connectivity index (χ4n) is 1.52. The molecule has 0 unspecified atom stereocenters. The molecular weight excluding hydrogens is 218 g/mol. The van der Waals surface area contributed by atoms with E-state index in [0.717, 1.165) is 6.42 Å². The highest BCUT2D eigenvalue weighted by molar-refractivity contribution is 4.86. The van der Waals surface area contributed by atoms with Gasteiger partial charge in [0.15, 0.2) is 0 Å². The minimum Gasteiger partial charge on any atom is -0.329 e. The number of aryl methyl sites for hydroxylation is 1. The van der Waals surface area contributed by atoms with E-state index in [0.29, 0.717) is 13.1 Å². The molecule has 0 aliphatic rings. The average molecular weight is 239 g/mol. The summed E-state index contributed by atoms with van der Waals surface area (Å²) in [5, 5.41) is 0. The van der Waals surface area contributed by atoms with Crippen LogP contribution in [0.3, 0.4) is 0 Å². The van der Waals surface area contributed by atoms with E-state index in [-0.39, 0.29) is 23.2 Å². The van der Waals surface area contributed by atoms with Gasteiger partial charge in [-0.15, -0.1) is 0 Å². The van der Waals surface area contributed by atoms with Crippen molar-refractivity contribution in [3.05, 3.63) is 33.1 Å². The van der Waals surface area contributed by atoms with E-state index in [1.807, 2.05) is 0 Å². The van der Waals surface area contributed by atoms with E-state index in [1.165, 1.54) is 10.6 Å². The third-order valence-electron chi connectivity index (χ3n) is 2.60. The molecule has 0 bridgehead atoms. The zero-order valence-corrected chi connectivity index (χ0v) is 10.8. The van der Waals surface area contributed by atoms with Crippen molar-refractivity contribution in [3.8, 4) is 0 Å². The first-order valence-corrected chi connectivity index (χ1v) is 5.85. The molecule has 2 N–H and O–H groups in total. The molecule has 0 saturated carbocycles. The van der Waals surface area contributed by atoms with E-state index < -0.39 is 0 Å². The number of aromatic nitrogens is 2. The normalized spacial score (nSPS) is 11.8. The number of hydrogen-bond donors (Lipinski definition) is 1. The Morgan fingerprint density at radius 1 is 1.24 bits per heavy atom. The second-order valence-corrected chi connectivity index (χ2v) is 5.38. The van der Waals surface area contributed by atoms with E-state index in [1.54, 1.807) is 10.8 Å². The van der Waals surface area contributed by atoms with Crippen LogP contribution in [-0.2, 0) is 13.1 Å². The predicted octanol–water partition coefficient (Wildman–Crippen LogP) is 0.405. The molecule has 1 aromatic rings. The van der Waals surface area contributed by atoms with Gasteiger partial charge in [-0.05, 0) is 11.8 Å². The topological polar surface area (TPSA) is 70.0 Å². The second kappa shape index (κ2) is 5.31. The largest absolute Gasteiger partial charge is 0.331 e. The molecule has 0 aromatic carbocycles. The highest BCUT2D eigenvalue weighted by Crippen LogP contribution is 2.18. The molecule has 5 heteroatoms. The Balaban J connectivity index is 2.99. The van der Waals surface area contributed by atoms with Gasteiger partial charge < -0.3 is 10.3 Å². The highest BCUT2D eigenvalue weighted by atomic mass is 16.2. The second-order valence-electron chi connectivity index (χ2n) is 5.38. The Bertz CT molecular complexity index is 480. The van der Waals surface area contributed by atoms with Gasteiger partial charge in [0, 0.05) is 31.9 Å². The van der Waals surface area contributed by atoms with Crippen LogP contribution in [0.25, 0.3) is 0 Å². The molecular formula is C12H21N3O2. The Hall–Kier alpha value is -1.36. The molecule has 1 rings (SSSR count). The van der Waals surface area contributed by atoms with Crippen molar-refractivity contribution < 1.29 is 0 Å². The van der Waals surface area contributed by atoms with Crippen molar-refractivity contribution in [2.24, 2.45) is 11.1 Å². The van der Waals surface area contributed by atoms with Crippen LogP contribution < -0.4 is 17.0 Å². The van der Waals surface area contributed by atoms with Gasteiger partial charge in [-0.25, -0.2) is 4.79 Å². The molecule has 1 aromatic heterocycles. The summed E-state index contributed by atoms with van der Waals surface area (Å²) in [6.07, 6.45) is 2.44. The first-order valence-electron chi connectivity index (χ1n) is 5.85. The maximum atomic E-state index is 12.0. The fourth-order valence-corrected chi connectivity index (χ4v) is 1.52. The van der Waals surface area contributed by atoms with Crippen LogP contribution in [-0.4, -0.2) is 15.7 Å². The summed E-state index contributed by atoms with van der Waals surface area (Å²) < 4.78 is 2.75. The minimum absolute atomic E-state index is 0.161. The lowest BCUT2D eigenvalue weighted by Crippen LogP contribution is -2.40. The molecule has 0 atom stereocenters. The zero-order valence-electron chi connectivity index (χ0n) is 10.8. The summed E-state index contributed by atoms with van der Waals surface area (Å²) in [4.78, 5) is 23.4. The molecule has 0 amide bonds. The van der Waals surface area contributed by atoms with E-state index in [9.17, 15) is 9.59 Å². The van der Waals surface area contributed by atoms with Crippen LogP contribution >= 0.6 is 0 Å². The quantitative estimate of drug-likeness (QED) is 0.827. The summed E-state index contributed by atoms with van der Waals surface area (Å²) in [7, 11) is 0. The summed E-state index contributed by atoms with van der Waals surface area (Å²) in [6, 6.07) is 1.42. The zero-order chi connectivity index (χ0) is 13.1. The maximum absolute atomic E-state index is 12.0. The standard InChI is InChI=1S/C12H21N3O2/c1-12(2,3)5-8-14-7-4-10(16)15(9-6-13)11(14)17/h4,7H,5-6,8-9,13H2,1-3H3. The van der Waals surface area contributed by atoms with E-state index in [2.05, 4.69) is 20.8 Å². The van der Waals surface area contributed by atoms with Crippen LogP contribution in [0.1, 0.15) is 27.2 Å². The van der Waals surface area contributed by atoms with Crippen molar-refractivity contribution >= 4 is 0 Å². The highest BCUT2D eigenvalue weighted by Gasteiger charge is 2.11. The molecule has 0 spiro atoms. The third-order valence-corrected chi connectivity index (χ3v) is 2.60. The number of hydrogen-bond acceptors (Lipinski definition) is 3. The Kier molecular flexibility index (Phi) is 4.28. The van der Waals surface area contributed by atoms with Gasteiger partial charge in [0.2, 0.25) is 0 Å². The summed E-state index contributed by atoms with van der Waals surface area (Å²) in [5.41, 5.74) is 4.99. The van der Waals surface area contributed by atoms with Crippen LogP contribution in [0.2, 0.25) is 0 Å². The first kappa shape index (κ1) is 13.7. The molecule has 17 heavy (non-hydrogen) atoms. The fraction of sp³-hybridized carbons (Fsp3) is 0.667. The number of rotatable bonds is 4. The van der Waals surface area contributed by atoms with Gasteiger partial charge >= 0.3 is 5.69 Å². The number of nitrogens with two attached hydrogens (primary N) is 1. The lowest BCUT2D eigenvalue weighted by Gasteiger charge is -2.18. The number of nitrogens with zero attached hydrogens (tertiary/aromatic N) is 2. The average Bonchev–Trinajstić information content (AvgIpc) is 2.22. The molecule has 5 nitrogen and oxygen atoms in total. The Morgan fingerprint density at radius 2 is 1.88 bits per heavy atom. The molecule has 0 radical (unpaired) electrons. The van der Waals surface area contributed by atoms with E-state index >= 15 is 0 Å². The van der Waals surface area contributed by atoms with Crippen LogP contribution in [0.15, 0.2) is 21.9 Å². The molecule has 96 valence electrons. The van der Waals surface area contributed by atoms with Crippen LogP contribution in [0, 0.1) is 5.41 Å². The predicted molar refractivity (Wildman–Crippen MR) is 68.1 cm³/mol. The van der Waals surface area contributed by atoms with Crippen LogP contribution in [0.4, 0.5) is 0 Å². The minimum atomic E-state index is -0.285. The van der Waals surface area contributed by atoms with Gasteiger partial charge in [0.05, 0.1) is 0 Å². The molecule has 0 saturated heterocycles. The van der Waals surface area contributed by atoms with Gasteiger partial charge in [-0.2, -0.15) is 0 Å². The van der Waals surface area contributed by atoms with Crippen molar-refractivity contribution in [2.75, 3.05) is 6.54 Å². The van der Waals surface area contributed by atoms with E-state index in [4.69, 9.17) is 5.73 Å². The van der Waals surface area contributed by atoms with Crippen molar-refractivity contribution in [1.82, 2.24) is 9.13 Å². The van der Waals surface area contributed by atoms with Gasteiger partial charge in [-0.1, -0.05) is 20.8 Å². The smallest absolute Gasteiger partial charge is 0.329 e. The van der Waals surface area contributed by atoms with Crippen LogP contribution in [0.5, 0.6) is 0 Å². The van der Waals surface area contributed by atoms with Gasteiger partial charge in [0.1, 0.15) is 0 Å². The van der Waals surface area contributed by atoms with Gasteiger partial charge in [0.25, 0.3) is 5.56 Å². The summed E-state index contributed by atoms with van der Waals surface area (Å²) in [6.45, 7) is 7.54.